The van der Waals surface area contributed by atoms with Crippen LogP contribution in [-0.2, 0) is 25.6 Å². The molecule has 0 unspecified atom stereocenters. The number of likely N-dealkylation sites (N-methyl/N-ethyl adjacent to an activating group) is 1. The van der Waals surface area contributed by atoms with Gasteiger partial charge in [-0.25, -0.2) is 4.79 Å². The molecular weight excluding hydrogens is 414 g/mol. The molecule has 0 radical (unpaired) electrons. The van der Waals surface area contributed by atoms with Gasteiger partial charge >= 0.3 is 5.97 Å². The van der Waals surface area contributed by atoms with Crippen LogP contribution in [-0.4, -0.2) is 71.0 Å². The predicted octanol–water partition coefficient (Wildman–Crippen LogP) is -0.394. The number of nitrogens with two attached hydrogens (primary N) is 2. The van der Waals surface area contributed by atoms with Crippen LogP contribution in [0.4, 0.5) is 0 Å². The first-order valence-electron chi connectivity index (χ1n) is 10.5. The van der Waals surface area contributed by atoms with Crippen LogP contribution in [0.25, 0.3) is 0 Å². The number of carboxylic acids is 1. The quantitative estimate of drug-likeness (QED) is 0.289. The van der Waals surface area contributed by atoms with E-state index in [0.717, 1.165) is 10.5 Å². The van der Waals surface area contributed by atoms with Gasteiger partial charge in [-0.3, -0.25) is 14.4 Å². The molecular formula is C22H35N5O5. The lowest BCUT2D eigenvalue weighted by molar-refractivity contribution is -0.150. The van der Waals surface area contributed by atoms with E-state index in [9.17, 15) is 24.3 Å². The van der Waals surface area contributed by atoms with Gasteiger partial charge in [-0.15, -0.1) is 0 Å². The number of nitrogens with one attached hydrogen (secondary N) is 2. The number of hydrogen-bond donors (Lipinski definition) is 5. The van der Waals surface area contributed by atoms with Crippen molar-refractivity contribution in [2.75, 3.05) is 13.6 Å². The molecule has 1 aromatic rings. The normalized spacial score (nSPS) is 14.1. The zero-order valence-electron chi connectivity index (χ0n) is 19.1. The molecule has 178 valence electrons. The van der Waals surface area contributed by atoms with Crippen LogP contribution >= 0.6 is 0 Å². The van der Waals surface area contributed by atoms with Gasteiger partial charge in [-0.05, 0) is 45.7 Å². The molecule has 0 fully saturated rings. The van der Waals surface area contributed by atoms with E-state index in [4.69, 9.17) is 11.5 Å². The van der Waals surface area contributed by atoms with Crippen molar-refractivity contribution >= 4 is 23.7 Å². The second-order valence-corrected chi connectivity index (χ2v) is 8.40. The van der Waals surface area contributed by atoms with Gasteiger partial charge in [0.25, 0.3) is 0 Å². The Kier molecular flexibility index (Phi) is 10.3. The molecule has 10 heteroatoms. The second kappa shape index (κ2) is 12.2. The molecule has 0 heterocycles. The molecule has 32 heavy (non-hydrogen) atoms. The van der Waals surface area contributed by atoms with E-state index in [2.05, 4.69) is 10.6 Å². The fourth-order valence-corrected chi connectivity index (χ4v) is 2.99. The Labute approximate surface area is 188 Å². The van der Waals surface area contributed by atoms with Crippen LogP contribution in [0.5, 0.6) is 0 Å². The summed E-state index contributed by atoms with van der Waals surface area (Å²) in [5.74, 6) is -2.80. The van der Waals surface area contributed by atoms with Crippen molar-refractivity contribution in [3.63, 3.8) is 0 Å². The molecule has 0 aliphatic heterocycles. The Bertz CT molecular complexity index is 794. The molecule has 1 rings (SSSR count). The Morgan fingerprint density at radius 1 is 1.12 bits per heavy atom. The lowest BCUT2D eigenvalue weighted by Crippen LogP contribution is -2.58. The van der Waals surface area contributed by atoms with E-state index in [1.807, 2.05) is 6.07 Å². The first-order valence-corrected chi connectivity index (χ1v) is 10.5. The van der Waals surface area contributed by atoms with Gasteiger partial charge in [-0.2, -0.15) is 0 Å². The predicted molar refractivity (Wildman–Crippen MR) is 120 cm³/mol. The lowest BCUT2D eigenvalue weighted by Gasteiger charge is -2.30. The maximum absolute atomic E-state index is 13.2. The van der Waals surface area contributed by atoms with Crippen LogP contribution < -0.4 is 22.1 Å². The molecule has 0 saturated heterocycles. The highest BCUT2D eigenvalue weighted by atomic mass is 16.4. The third-order valence-electron chi connectivity index (χ3n) is 5.01. The number of aliphatic carboxylic acids is 1. The van der Waals surface area contributed by atoms with Gasteiger partial charge in [0.15, 0.2) is 0 Å². The number of carboxylic acid groups (broad SMARTS) is 1. The Morgan fingerprint density at radius 3 is 2.22 bits per heavy atom. The lowest BCUT2D eigenvalue weighted by atomic mass is 10.0. The van der Waals surface area contributed by atoms with Crippen molar-refractivity contribution in [2.45, 2.75) is 63.7 Å². The number of carbonyl (C=O) groups excluding carboxylic acids is 3. The monoisotopic (exact) mass is 449 g/mol. The van der Waals surface area contributed by atoms with Crippen LogP contribution in [0.15, 0.2) is 30.3 Å². The fraction of sp³-hybridized carbons (Fsp3) is 0.545. The Morgan fingerprint density at radius 2 is 1.72 bits per heavy atom. The SMILES string of the molecule is C[C@H](NC(=O)C(C)(C)N)C(=O)N[C@@H](Cc1ccccc1)C(=O)N(C)[C@@H](CCCN)C(=O)O. The van der Waals surface area contributed by atoms with Crippen molar-refractivity contribution < 1.29 is 24.3 Å². The van der Waals surface area contributed by atoms with Crippen LogP contribution in [0.1, 0.15) is 39.2 Å². The summed E-state index contributed by atoms with van der Waals surface area (Å²) in [5, 5.41) is 14.7. The molecule has 10 nitrogen and oxygen atoms in total. The van der Waals surface area contributed by atoms with E-state index < -0.39 is 47.4 Å². The molecule has 1 aromatic carbocycles. The second-order valence-electron chi connectivity index (χ2n) is 8.40. The average molecular weight is 450 g/mol. The summed E-state index contributed by atoms with van der Waals surface area (Å²) in [7, 11) is 1.39. The van der Waals surface area contributed by atoms with E-state index in [0.29, 0.717) is 13.0 Å². The summed E-state index contributed by atoms with van der Waals surface area (Å²) >= 11 is 0. The van der Waals surface area contributed by atoms with Gasteiger partial charge < -0.3 is 32.1 Å². The Balaban J connectivity index is 3.06. The summed E-state index contributed by atoms with van der Waals surface area (Å²) < 4.78 is 0. The molecule has 0 aromatic heterocycles. The highest BCUT2D eigenvalue weighted by Crippen LogP contribution is 2.11. The van der Waals surface area contributed by atoms with Gasteiger partial charge in [0, 0.05) is 13.5 Å². The number of rotatable bonds is 12. The summed E-state index contributed by atoms with van der Waals surface area (Å²) in [6.07, 6.45) is 0.780. The maximum atomic E-state index is 13.2. The van der Waals surface area contributed by atoms with E-state index in [-0.39, 0.29) is 12.8 Å². The smallest absolute Gasteiger partial charge is 0.326 e. The fourth-order valence-electron chi connectivity index (χ4n) is 2.99. The Hall–Kier alpha value is -2.98. The standard InChI is InChI=1S/C22H35N5O5/c1-14(25-21(32)22(2,3)24)18(28)26-16(13-15-9-6-5-7-10-15)19(29)27(4)17(20(30)31)11-8-12-23/h5-7,9-10,14,16-17H,8,11-13,23-24H2,1-4H3,(H,25,32)(H,26,28)(H,30,31)/t14-,16-,17-/m0/s1. The third kappa shape index (κ3) is 8.27. The van der Waals surface area contributed by atoms with Crippen molar-refractivity contribution in [2.24, 2.45) is 11.5 Å². The highest BCUT2D eigenvalue weighted by Gasteiger charge is 2.33. The van der Waals surface area contributed by atoms with Crippen LogP contribution in [0, 0.1) is 0 Å². The third-order valence-corrected chi connectivity index (χ3v) is 5.01. The first kappa shape index (κ1) is 27.1. The van der Waals surface area contributed by atoms with E-state index in [1.165, 1.54) is 27.8 Å². The largest absolute Gasteiger partial charge is 0.480 e. The van der Waals surface area contributed by atoms with E-state index >= 15 is 0 Å². The first-order chi connectivity index (χ1) is 14.9. The number of carbonyl (C=O) groups is 4. The summed E-state index contributed by atoms with van der Waals surface area (Å²) in [5.41, 5.74) is 10.8. The number of amides is 3. The topological polar surface area (TPSA) is 168 Å². The summed E-state index contributed by atoms with van der Waals surface area (Å²) in [4.78, 5) is 50.9. The molecule has 0 aliphatic carbocycles. The van der Waals surface area contributed by atoms with Crippen molar-refractivity contribution in [1.29, 1.82) is 0 Å². The minimum Gasteiger partial charge on any atom is -0.480 e. The van der Waals surface area contributed by atoms with Crippen molar-refractivity contribution in [3.8, 4) is 0 Å². The summed E-state index contributed by atoms with van der Waals surface area (Å²) in [6.45, 7) is 4.80. The molecule has 3 amide bonds. The molecule has 0 spiro atoms. The van der Waals surface area contributed by atoms with Crippen molar-refractivity contribution in [1.82, 2.24) is 15.5 Å². The van der Waals surface area contributed by atoms with Gasteiger partial charge in [-0.1, -0.05) is 30.3 Å². The molecule has 0 aliphatic rings. The van der Waals surface area contributed by atoms with Crippen LogP contribution in [0.2, 0.25) is 0 Å². The molecule has 0 saturated carbocycles. The van der Waals surface area contributed by atoms with Crippen LogP contribution in [0.3, 0.4) is 0 Å². The summed E-state index contributed by atoms with van der Waals surface area (Å²) in [6, 6.07) is 5.98. The molecule has 0 bridgehead atoms. The number of benzene rings is 1. The molecule has 7 N–H and O–H groups in total. The average Bonchev–Trinajstić information content (AvgIpc) is 2.72. The highest BCUT2D eigenvalue weighted by molar-refractivity contribution is 5.94. The minimum atomic E-state index is -1.17. The van der Waals surface area contributed by atoms with Crippen molar-refractivity contribution in [3.05, 3.63) is 35.9 Å². The van der Waals surface area contributed by atoms with Gasteiger partial charge in [0.05, 0.1) is 5.54 Å². The maximum Gasteiger partial charge on any atom is 0.326 e. The zero-order chi connectivity index (χ0) is 24.5. The number of nitrogens with zero attached hydrogens (tertiary/aromatic N) is 1. The minimum absolute atomic E-state index is 0.155. The zero-order valence-corrected chi connectivity index (χ0v) is 19.1. The number of hydrogen-bond acceptors (Lipinski definition) is 6. The van der Waals surface area contributed by atoms with E-state index in [1.54, 1.807) is 24.3 Å². The van der Waals surface area contributed by atoms with Gasteiger partial charge in [0.1, 0.15) is 18.1 Å². The van der Waals surface area contributed by atoms with Gasteiger partial charge in [0.2, 0.25) is 17.7 Å². The molecule has 3 atom stereocenters.